The third kappa shape index (κ3) is 10.6. The molecule has 0 saturated carbocycles. The van der Waals surface area contributed by atoms with Crippen molar-refractivity contribution in [2.45, 2.75) is 0 Å². The normalized spacial score (nSPS) is 11.5. The van der Waals surface area contributed by atoms with Gasteiger partial charge in [0.1, 0.15) is 0 Å². The van der Waals surface area contributed by atoms with Gasteiger partial charge in [-0.05, 0) is 196 Å². The fraction of sp³-hybridized carbons (Fsp3) is 0. The maximum absolute atomic E-state index is 2.42. The Kier molecular flexibility index (Phi) is 14.3. The van der Waals surface area contributed by atoms with Gasteiger partial charge in [0, 0.05) is 74.5 Å². The summed E-state index contributed by atoms with van der Waals surface area (Å²) in [5, 5.41) is 10.00. The van der Waals surface area contributed by atoms with Crippen molar-refractivity contribution in [2.75, 3.05) is 9.80 Å². The van der Waals surface area contributed by atoms with Crippen molar-refractivity contribution >= 4 is 119 Å². The summed E-state index contributed by atoms with van der Waals surface area (Å²) in [4.78, 5) is 4.84. The maximum atomic E-state index is 2.42. The summed E-state index contributed by atoms with van der Waals surface area (Å²) in [7, 11) is 0. The first-order chi connectivity index (χ1) is 47.5. The second-order valence-electron chi connectivity index (χ2n) is 24.8. The predicted octanol–water partition coefficient (Wildman–Crippen LogP) is 27.3. The van der Waals surface area contributed by atoms with Crippen molar-refractivity contribution in [1.82, 2.24) is 0 Å². The average Bonchev–Trinajstić information content (AvgIpc) is 1.51. The van der Waals surface area contributed by atoms with Gasteiger partial charge in [-0.25, -0.2) is 0 Å². The lowest BCUT2D eigenvalue weighted by Gasteiger charge is -2.26. The Bertz CT molecular complexity index is 5940. The molecule has 0 radical (unpaired) electrons. The smallest absolute Gasteiger partial charge is 0.0476 e. The summed E-state index contributed by atoms with van der Waals surface area (Å²) in [5.74, 6) is 0. The van der Waals surface area contributed by atoms with E-state index in [1.165, 1.54) is 134 Å². The second-order valence-corrected chi connectivity index (χ2v) is 27.0. The van der Waals surface area contributed by atoms with Crippen LogP contribution in [0, 0.1) is 0 Å². The van der Waals surface area contributed by atoms with E-state index in [1.54, 1.807) is 0 Å². The van der Waals surface area contributed by atoms with Gasteiger partial charge in [0.05, 0.1) is 0 Å². The summed E-state index contributed by atoms with van der Waals surface area (Å²) in [6, 6.07) is 134. The van der Waals surface area contributed by atoms with Gasteiger partial charge in [-0.1, -0.05) is 267 Å². The minimum absolute atomic E-state index is 1.09. The van der Waals surface area contributed by atoms with Crippen LogP contribution in [0.5, 0.6) is 0 Å². The molecule has 0 aliphatic carbocycles. The highest BCUT2D eigenvalue weighted by Crippen LogP contribution is 2.46. The number of hydrogen-bond donors (Lipinski definition) is 0. The minimum atomic E-state index is 1.09. The number of nitrogens with zero attached hydrogens (tertiary/aromatic N) is 2. The number of anilines is 6. The Morgan fingerprint density at radius 2 is 0.490 bits per heavy atom. The molecule has 96 heavy (non-hydrogen) atoms. The Morgan fingerprint density at radius 1 is 0.156 bits per heavy atom. The Balaban J connectivity index is 0.690. The number of benzene rings is 16. The zero-order valence-electron chi connectivity index (χ0n) is 52.4. The van der Waals surface area contributed by atoms with E-state index in [0.717, 1.165) is 39.7 Å². The maximum Gasteiger partial charge on any atom is 0.0476 e. The van der Waals surface area contributed by atoms with Crippen molar-refractivity contribution in [3.8, 4) is 77.9 Å². The topological polar surface area (TPSA) is 6.48 Å². The molecule has 2 aromatic heterocycles. The van der Waals surface area contributed by atoms with Gasteiger partial charge < -0.3 is 9.80 Å². The van der Waals surface area contributed by atoms with E-state index >= 15 is 0 Å². The molecule has 2 heterocycles. The molecule has 0 aliphatic rings. The SMILES string of the molecule is c1ccc(-c2ccc(-c3ccc(N(c4cccc(-c5cccc6ccccc56)c4)c4ccc5c(c4)sc4cc(-c6ccc7cccc(-c8cccc(N(c9ccc(-c%10cccc(-c%11ccccc%11)c%10)cc9)c9ccc%10c(c9)sc9ccccc9%10)c8)c7c6)ccc45)cc3)cc2)cc1. The number of fused-ring (bicyclic) bond motifs is 8. The highest BCUT2D eigenvalue weighted by atomic mass is 32.1. The van der Waals surface area contributed by atoms with E-state index in [0.29, 0.717) is 0 Å². The lowest BCUT2D eigenvalue weighted by atomic mass is 9.94. The Labute approximate surface area is 566 Å². The van der Waals surface area contributed by atoms with Crippen LogP contribution in [-0.2, 0) is 0 Å². The lowest BCUT2D eigenvalue weighted by Crippen LogP contribution is -2.10. The quantitative estimate of drug-likeness (QED) is 0.114. The number of thiophene rings is 2. The van der Waals surface area contributed by atoms with Crippen LogP contribution in [0.1, 0.15) is 0 Å². The van der Waals surface area contributed by atoms with Gasteiger partial charge in [0.2, 0.25) is 0 Å². The summed E-state index contributed by atoms with van der Waals surface area (Å²) in [6.07, 6.45) is 0. The van der Waals surface area contributed by atoms with Crippen molar-refractivity contribution in [3.05, 3.63) is 364 Å². The fourth-order valence-corrected chi connectivity index (χ4v) is 16.6. The molecule has 450 valence electrons. The molecule has 0 unspecified atom stereocenters. The van der Waals surface area contributed by atoms with E-state index in [1.807, 2.05) is 22.7 Å². The fourth-order valence-electron chi connectivity index (χ4n) is 14.2. The average molecular weight is 1260 g/mol. The van der Waals surface area contributed by atoms with Crippen LogP contribution in [0.15, 0.2) is 364 Å². The van der Waals surface area contributed by atoms with E-state index in [4.69, 9.17) is 0 Å². The van der Waals surface area contributed by atoms with Crippen LogP contribution >= 0.6 is 22.7 Å². The zero-order valence-corrected chi connectivity index (χ0v) is 54.0. The minimum Gasteiger partial charge on any atom is -0.310 e. The van der Waals surface area contributed by atoms with Gasteiger partial charge in [-0.15, -0.1) is 22.7 Å². The van der Waals surface area contributed by atoms with E-state index in [-0.39, 0.29) is 0 Å². The van der Waals surface area contributed by atoms with Crippen LogP contribution in [0.2, 0.25) is 0 Å². The monoisotopic (exact) mass is 1260 g/mol. The highest BCUT2D eigenvalue weighted by molar-refractivity contribution is 7.26. The Hall–Kier alpha value is -11.9. The largest absolute Gasteiger partial charge is 0.310 e. The molecule has 0 saturated heterocycles. The number of rotatable bonds is 13. The molecule has 0 fully saturated rings. The number of hydrogen-bond acceptors (Lipinski definition) is 4. The van der Waals surface area contributed by atoms with E-state index < -0.39 is 0 Å². The Morgan fingerprint density at radius 3 is 1.08 bits per heavy atom. The molecule has 0 amide bonds. The molecule has 16 aromatic carbocycles. The van der Waals surface area contributed by atoms with Gasteiger partial charge in [-0.3, -0.25) is 0 Å². The molecule has 0 N–H and O–H groups in total. The molecule has 0 atom stereocenters. The summed E-state index contributed by atoms with van der Waals surface area (Å²) in [5.41, 5.74) is 23.3. The van der Waals surface area contributed by atoms with Crippen LogP contribution in [-0.4, -0.2) is 0 Å². The van der Waals surface area contributed by atoms with Gasteiger partial charge in [-0.2, -0.15) is 0 Å². The predicted molar refractivity (Wildman–Crippen MR) is 415 cm³/mol. The zero-order chi connectivity index (χ0) is 63.5. The van der Waals surface area contributed by atoms with Crippen molar-refractivity contribution < 1.29 is 0 Å². The molecule has 18 rings (SSSR count). The summed E-state index contributed by atoms with van der Waals surface area (Å²) >= 11 is 3.72. The first-order valence-corrected chi connectivity index (χ1v) is 34.4. The second kappa shape index (κ2) is 24.2. The molecular formula is C92H60N2S2. The van der Waals surface area contributed by atoms with Crippen LogP contribution < -0.4 is 9.80 Å². The molecule has 2 nitrogen and oxygen atoms in total. The highest BCUT2D eigenvalue weighted by Gasteiger charge is 2.20. The molecule has 0 aliphatic heterocycles. The molecular weight excluding hydrogens is 1200 g/mol. The summed E-state index contributed by atoms with van der Waals surface area (Å²) in [6.45, 7) is 0. The van der Waals surface area contributed by atoms with Crippen LogP contribution in [0.25, 0.3) is 140 Å². The third-order valence-corrected chi connectivity index (χ3v) is 21.3. The van der Waals surface area contributed by atoms with Crippen LogP contribution in [0.3, 0.4) is 0 Å². The van der Waals surface area contributed by atoms with Crippen molar-refractivity contribution in [2.24, 2.45) is 0 Å². The molecule has 0 bridgehead atoms. The van der Waals surface area contributed by atoms with E-state index in [9.17, 15) is 0 Å². The standard InChI is InChI=1S/C92H60N2S2/c1-3-16-61(17-4-1)63-34-36-64(37-35-63)65-40-45-75(46-41-65)93(77-27-12-25-73(55-77)82-31-14-21-67-20-7-8-29-81(67)82)80-50-53-87-85-51-44-72(58-90(85)96-92(87)60-80)71-39-38-68-22-15-32-83(88(68)57-71)74-26-13-28-78(56-74)94(79-49-52-86-84-30-9-10-33-89(84)95-91(86)59-79)76-47-42-66(43-48-76)70-24-11-23-69(54-70)62-18-5-2-6-19-62/h1-60H. The molecule has 18 aromatic rings. The van der Waals surface area contributed by atoms with Gasteiger partial charge in [0.15, 0.2) is 0 Å². The van der Waals surface area contributed by atoms with Crippen LogP contribution in [0.4, 0.5) is 34.1 Å². The van der Waals surface area contributed by atoms with Crippen molar-refractivity contribution in [1.29, 1.82) is 0 Å². The lowest BCUT2D eigenvalue weighted by molar-refractivity contribution is 1.29. The first-order valence-electron chi connectivity index (χ1n) is 32.8. The molecule has 0 spiro atoms. The molecule has 4 heteroatoms. The van der Waals surface area contributed by atoms with Crippen molar-refractivity contribution in [3.63, 3.8) is 0 Å². The third-order valence-electron chi connectivity index (χ3n) is 19.1. The summed E-state index contributed by atoms with van der Waals surface area (Å²) < 4.78 is 5.07. The first kappa shape index (κ1) is 56.8. The van der Waals surface area contributed by atoms with Gasteiger partial charge in [0.25, 0.3) is 0 Å². The van der Waals surface area contributed by atoms with Gasteiger partial charge >= 0.3 is 0 Å². The van der Waals surface area contributed by atoms with E-state index in [2.05, 4.69) is 374 Å².